The Morgan fingerprint density at radius 3 is 3.00 bits per heavy atom. The molecule has 0 bridgehead atoms. The third-order valence-corrected chi connectivity index (χ3v) is 2.96. The zero-order valence-corrected chi connectivity index (χ0v) is 7.58. The van der Waals surface area contributed by atoms with Crippen LogP contribution in [-0.4, -0.2) is 16.8 Å². The topological polar surface area (TPSA) is 12.4 Å². The molecule has 0 aromatic heterocycles. The summed E-state index contributed by atoms with van der Waals surface area (Å²) in [6.07, 6.45) is 3.90. The van der Waals surface area contributed by atoms with Gasteiger partial charge in [-0.15, -0.1) is 11.8 Å². The van der Waals surface area contributed by atoms with Gasteiger partial charge in [-0.05, 0) is 13.3 Å². The summed E-state index contributed by atoms with van der Waals surface area (Å²) < 4.78 is 0. The van der Waals surface area contributed by atoms with Crippen molar-refractivity contribution in [2.45, 2.75) is 38.5 Å². The lowest BCUT2D eigenvalue weighted by atomic mass is 10.2. The fraction of sp³-hybridized carbons (Fsp3) is 0.875. The fourth-order valence-electron chi connectivity index (χ4n) is 1.06. The molecule has 58 valence electrons. The van der Waals surface area contributed by atoms with Crippen LogP contribution in [0.1, 0.15) is 33.1 Å². The van der Waals surface area contributed by atoms with Crippen LogP contribution in [0.5, 0.6) is 0 Å². The van der Waals surface area contributed by atoms with Crippen molar-refractivity contribution in [3.63, 3.8) is 0 Å². The maximum absolute atomic E-state index is 4.51. The average Bonchev–Trinajstić information content (AvgIpc) is 2.31. The Balaban J connectivity index is 2.18. The van der Waals surface area contributed by atoms with E-state index >= 15 is 0 Å². The third kappa shape index (κ3) is 2.33. The summed E-state index contributed by atoms with van der Waals surface area (Å²) in [6, 6.07) is 0. The van der Waals surface area contributed by atoms with Crippen molar-refractivity contribution in [2.24, 2.45) is 4.99 Å². The van der Waals surface area contributed by atoms with E-state index in [-0.39, 0.29) is 0 Å². The van der Waals surface area contributed by atoms with Gasteiger partial charge in [-0.2, -0.15) is 0 Å². The summed E-state index contributed by atoms with van der Waals surface area (Å²) in [4.78, 5) is 4.51. The van der Waals surface area contributed by atoms with Gasteiger partial charge >= 0.3 is 0 Å². The maximum atomic E-state index is 4.51. The van der Waals surface area contributed by atoms with E-state index in [1.807, 2.05) is 11.8 Å². The van der Waals surface area contributed by atoms with Crippen molar-refractivity contribution in [1.29, 1.82) is 0 Å². The smallest absolute Gasteiger partial charge is 0.0954 e. The standard InChI is InChI=1S/C8H15NS/c1-3-4-5-8-9-7(2)6-10-8/h8H,3-6H2,1-2H3. The van der Waals surface area contributed by atoms with Gasteiger partial charge < -0.3 is 0 Å². The lowest BCUT2D eigenvalue weighted by Crippen LogP contribution is -1.92. The molecule has 0 spiro atoms. The SMILES string of the molecule is CCCCC1N=C(C)CS1. The molecule has 2 heteroatoms. The first-order valence-electron chi connectivity index (χ1n) is 3.98. The number of aliphatic imine (C=N–C) groups is 1. The molecule has 0 aromatic carbocycles. The highest BCUT2D eigenvalue weighted by atomic mass is 32.2. The van der Waals surface area contributed by atoms with Crippen molar-refractivity contribution in [1.82, 2.24) is 0 Å². The molecule has 0 saturated carbocycles. The van der Waals surface area contributed by atoms with Gasteiger partial charge in [0.2, 0.25) is 0 Å². The zero-order valence-electron chi connectivity index (χ0n) is 6.76. The normalized spacial score (nSPS) is 25.0. The molecule has 1 aliphatic heterocycles. The predicted molar refractivity (Wildman–Crippen MR) is 48.9 cm³/mol. The summed E-state index contributed by atoms with van der Waals surface area (Å²) in [5, 5.41) is 0.597. The molecule has 0 fully saturated rings. The van der Waals surface area contributed by atoms with E-state index in [0.29, 0.717) is 5.37 Å². The van der Waals surface area contributed by atoms with Crippen LogP contribution in [0.3, 0.4) is 0 Å². The predicted octanol–water partition coefficient (Wildman–Crippen LogP) is 2.71. The Hall–Kier alpha value is 0.0200. The van der Waals surface area contributed by atoms with E-state index < -0.39 is 0 Å². The summed E-state index contributed by atoms with van der Waals surface area (Å²) >= 11 is 1.99. The molecule has 1 nitrogen and oxygen atoms in total. The van der Waals surface area contributed by atoms with Gasteiger partial charge in [-0.1, -0.05) is 19.8 Å². The van der Waals surface area contributed by atoms with Crippen LogP contribution in [0.25, 0.3) is 0 Å². The summed E-state index contributed by atoms with van der Waals surface area (Å²) in [7, 11) is 0. The molecule has 0 saturated heterocycles. The number of thioether (sulfide) groups is 1. The molecule has 1 heterocycles. The van der Waals surface area contributed by atoms with Crippen molar-refractivity contribution < 1.29 is 0 Å². The lowest BCUT2D eigenvalue weighted by Gasteiger charge is -2.02. The van der Waals surface area contributed by atoms with Crippen molar-refractivity contribution in [3.8, 4) is 0 Å². The molecule has 1 unspecified atom stereocenters. The van der Waals surface area contributed by atoms with Gasteiger partial charge in [0.25, 0.3) is 0 Å². The Bertz CT molecular complexity index is 131. The van der Waals surface area contributed by atoms with Gasteiger partial charge in [0.15, 0.2) is 0 Å². The van der Waals surface area contributed by atoms with E-state index in [4.69, 9.17) is 0 Å². The molecule has 1 aliphatic rings. The van der Waals surface area contributed by atoms with Crippen molar-refractivity contribution in [3.05, 3.63) is 0 Å². The van der Waals surface area contributed by atoms with Crippen LogP contribution in [-0.2, 0) is 0 Å². The second kappa shape index (κ2) is 4.02. The highest BCUT2D eigenvalue weighted by Crippen LogP contribution is 2.24. The van der Waals surface area contributed by atoms with Gasteiger partial charge in [-0.3, -0.25) is 4.99 Å². The Labute approximate surface area is 67.3 Å². The molecular weight excluding hydrogens is 142 g/mol. The first kappa shape index (κ1) is 8.12. The lowest BCUT2D eigenvalue weighted by molar-refractivity contribution is 0.704. The molecule has 10 heavy (non-hydrogen) atoms. The van der Waals surface area contributed by atoms with E-state index in [2.05, 4.69) is 18.8 Å². The zero-order chi connectivity index (χ0) is 7.40. The quantitative estimate of drug-likeness (QED) is 0.613. The molecule has 0 radical (unpaired) electrons. The van der Waals surface area contributed by atoms with Crippen LogP contribution >= 0.6 is 11.8 Å². The van der Waals surface area contributed by atoms with Crippen LogP contribution in [0.2, 0.25) is 0 Å². The summed E-state index contributed by atoms with van der Waals surface area (Å²) in [5.74, 6) is 1.16. The molecular formula is C8H15NS. The highest BCUT2D eigenvalue weighted by Gasteiger charge is 2.13. The van der Waals surface area contributed by atoms with Gasteiger partial charge in [0.05, 0.1) is 5.37 Å². The number of unbranched alkanes of at least 4 members (excludes halogenated alkanes) is 1. The third-order valence-electron chi connectivity index (χ3n) is 1.65. The Morgan fingerprint density at radius 2 is 2.50 bits per heavy atom. The van der Waals surface area contributed by atoms with E-state index in [0.717, 1.165) is 5.75 Å². The fourth-order valence-corrected chi connectivity index (χ4v) is 2.16. The minimum absolute atomic E-state index is 0.597. The van der Waals surface area contributed by atoms with Gasteiger partial charge in [0.1, 0.15) is 0 Å². The monoisotopic (exact) mass is 157 g/mol. The largest absolute Gasteiger partial charge is 0.279 e. The van der Waals surface area contributed by atoms with Crippen LogP contribution < -0.4 is 0 Å². The summed E-state index contributed by atoms with van der Waals surface area (Å²) in [5.41, 5.74) is 1.33. The number of rotatable bonds is 3. The number of hydrogen-bond donors (Lipinski definition) is 0. The number of hydrogen-bond acceptors (Lipinski definition) is 2. The second-order valence-electron chi connectivity index (χ2n) is 2.77. The van der Waals surface area contributed by atoms with E-state index in [9.17, 15) is 0 Å². The molecule has 0 aromatic rings. The van der Waals surface area contributed by atoms with Crippen LogP contribution in [0.4, 0.5) is 0 Å². The minimum atomic E-state index is 0.597. The number of nitrogens with zero attached hydrogens (tertiary/aromatic N) is 1. The van der Waals surface area contributed by atoms with E-state index in [1.54, 1.807) is 0 Å². The minimum Gasteiger partial charge on any atom is -0.279 e. The average molecular weight is 157 g/mol. The van der Waals surface area contributed by atoms with Gasteiger partial charge in [0, 0.05) is 11.5 Å². The highest BCUT2D eigenvalue weighted by molar-refractivity contribution is 8.00. The molecule has 1 atom stereocenters. The molecule has 0 N–H and O–H groups in total. The molecule has 0 aliphatic carbocycles. The Kier molecular flexibility index (Phi) is 3.26. The summed E-state index contributed by atoms with van der Waals surface area (Å²) in [6.45, 7) is 4.36. The second-order valence-corrected chi connectivity index (χ2v) is 3.94. The van der Waals surface area contributed by atoms with Crippen molar-refractivity contribution in [2.75, 3.05) is 5.75 Å². The molecule has 0 amide bonds. The van der Waals surface area contributed by atoms with Crippen LogP contribution in [0.15, 0.2) is 4.99 Å². The maximum Gasteiger partial charge on any atom is 0.0954 e. The molecule has 1 rings (SSSR count). The van der Waals surface area contributed by atoms with Crippen LogP contribution in [0, 0.1) is 0 Å². The first-order chi connectivity index (χ1) is 4.83. The van der Waals surface area contributed by atoms with Crippen molar-refractivity contribution >= 4 is 17.5 Å². The van der Waals surface area contributed by atoms with Gasteiger partial charge in [-0.25, -0.2) is 0 Å². The first-order valence-corrected chi connectivity index (χ1v) is 5.02. The van der Waals surface area contributed by atoms with E-state index in [1.165, 1.54) is 25.0 Å². The Morgan fingerprint density at radius 1 is 1.70 bits per heavy atom.